The van der Waals surface area contributed by atoms with Gasteiger partial charge < -0.3 is 15.5 Å². The van der Waals surface area contributed by atoms with Crippen molar-refractivity contribution in [3.63, 3.8) is 0 Å². The van der Waals surface area contributed by atoms with Crippen molar-refractivity contribution in [1.82, 2.24) is 10.2 Å². The lowest BCUT2D eigenvalue weighted by Crippen LogP contribution is -2.44. The summed E-state index contributed by atoms with van der Waals surface area (Å²) in [6.07, 6.45) is -0.128. The van der Waals surface area contributed by atoms with Crippen LogP contribution in [0.2, 0.25) is 0 Å². The van der Waals surface area contributed by atoms with Crippen molar-refractivity contribution >= 4 is 11.7 Å². The number of benzene rings is 1. The number of hydrogen-bond donors (Lipinski definition) is 2. The topological polar surface area (TPSA) is 44.4 Å². The number of nitrogens with zero attached hydrogens (tertiary/aromatic N) is 1. The molecule has 132 valence electrons. The van der Waals surface area contributed by atoms with Gasteiger partial charge in [-0.2, -0.15) is 13.2 Å². The predicted octanol–water partition coefficient (Wildman–Crippen LogP) is 3.70. The number of halogens is 3. The second-order valence-electron chi connectivity index (χ2n) is 6.54. The van der Waals surface area contributed by atoms with Crippen LogP contribution >= 0.6 is 0 Å². The van der Waals surface area contributed by atoms with Gasteiger partial charge in [0.2, 0.25) is 0 Å². The van der Waals surface area contributed by atoms with E-state index in [0.717, 1.165) is 31.5 Å². The zero-order valence-electron chi connectivity index (χ0n) is 13.4. The number of likely N-dealkylation sites (tertiary alicyclic amines) is 1. The van der Waals surface area contributed by atoms with Crippen LogP contribution in [-0.4, -0.2) is 36.6 Å². The maximum atomic E-state index is 12.7. The van der Waals surface area contributed by atoms with Gasteiger partial charge in [-0.05, 0) is 56.3 Å². The molecule has 0 spiro atoms. The highest BCUT2D eigenvalue weighted by Crippen LogP contribution is 2.31. The van der Waals surface area contributed by atoms with Gasteiger partial charge in [0.05, 0.1) is 5.56 Å². The zero-order chi connectivity index (χ0) is 17.2. The van der Waals surface area contributed by atoms with Gasteiger partial charge in [-0.3, -0.25) is 0 Å². The molecule has 2 aliphatic heterocycles. The van der Waals surface area contributed by atoms with E-state index in [2.05, 4.69) is 10.6 Å². The molecule has 24 heavy (non-hydrogen) atoms. The van der Waals surface area contributed by atoms with Gasteiger partial charge in [0.15, 0.2) is 0 Å². The van der Waals surface area contributed by atoms with E-state index < -0.39 is 11.7 Å². The Balaban J connectivity index is 1.54. The molecular formula is C17H22F3N3O. The van der Waals surface area contributed by atoms with Crippen LogP contribution in [0.15, 0.2) is 24.3 Å². The number of urea groups is 1. The quantitative estimate of drug-likeness (QED) is 0.861. The summed E-state index contributed by atoms with van der Waals surface area (Å²) < 4.78 is 38.2. The molecule has 2 N–H and O–H groups in total. The van der Waals surface area contributed by atoms with Crippen molar-refractivity contribution in [3.05, 3.63) is 29.8 Å². The Kier molecular flexibility index (Phi) is 4.99. The first-order chi connectivity index (χ1) is 11.4. The van der Waals surface area contributed by atoms with E-state index >= 15 is 0 Å². The normalized spacial score (nSPS) is 22.6. The van der Waals surface area contributed by atoms with E-state index in [1.807, 2.05) is 0 Å². The molecule has 0 aliphatic carbocycles. The van der Waals surface area contributed by atoms with E-state index in [1.165, 1.54) is 25.0 Å². The number of alkyl halides is 3. The predicted molar refractivity (Wildman–Crippen MR) is 85.8 cm³/mol. The van der Waals surface area contributed by atoms with Crippen LogP contribution < -0.4 is 10.6 Å². The van der Waals surface area contributed by atoms with Gasteiger partial charge in [0.1, 0.15) is 0 Å². The fourth-order valence-corrected chi connectivity index (χ4v) is 3.59. The molecule has 1 unspecified atom stereocenters. The summed E-state index contributed by atoms with van der Waals surface area (Å²) in [4.78, 5) is 14.0. The van der Waals surface area contributed by atoms with E-state index in [9.17, 15) is 18.0 Å². The summed E-state index contributed by atoms with van der Waals surface area (Å²) in [5.74, 6) is 0.588. The average Bonchev–Trinajstić information content (AvgIpc) is 3.09. The highest BCUT2D eigenvalue weighted by molar-refractivity contribution is 5.89. The summed E-state index contributed by atoms with van der Waals surface area (Å²) in [6.45, 7) is 2.36. The summed E-state index contributed by atoms with van der Waals surface area (Å²) in [5.41, 5.74) is -0.583. The van der Waals surface area contributed by atoms with E-state index in [4.69, 9.17) is 0 Å². The number of carbonyl (C=O) groups excluding carboxylic acids is 1. The fourth-order valence-electron chi connectivity index (χ4n) is 3.59. The van der Waals surface area contributed by atoms with Crippen molar-refractivity contribution in [2.75, 3.05) is 25.0 Å². The van der Waals surface area contributed by atoms with Crippen LogP contribution in [0.5, 0.6) is 0 Å². The molecule has 2 aliphatic rings. The Labute approximate surface area is 139 Å². The molecule has 0 bridgehead atoms. The van der Waals surface area contributed by atoms with E-state index in [-0.39, 0.29) is 11.7 Å². The molecule has 2 amide bonds. The maximum Gasteiger partial charge on any atom is 0.416 e. The number of nitrogens with one attached hydrogen (secondary N) is 2. The SMILES string of the molecule is O=C(Nc1cccc(C(F)(F)F)c1)N1CCC(C2CCCN2)CC1. The van der Waals surface area contributed by atoms with Crippen LogP contribution in [0.4, 0.5) is 23.7 Å². The Morgan fingerprint density at radius 3 is 2.58 bits per heavy atom. The van der Waals surface area contributed by atoms with Gasteiger partial charge in [-0.15, -0.1) is 0 Å². The smallest absolute Gasteiger partial charge is 0.325 e. The molecule has 0 aromatic heterocycles. The van der Waals surface area contributed by atoms with E-state index in [1.54, 1.807) is 4.90 Å². The zero-order valence-corrected chi connectivity index (χ0v) is 13.4. The van der Waals surface area contributed by atoms with Gasteiger partial charge in [-0.25, -0.2) is 4.79 Å². The lowest BCUT2D eigenvalue weighted by Gasteiger charge is -2.34. The Hall–Kier alpha value is -1.76. The van der Waals surface area contributed by atoms with Crippen molar-refractivity contribution < 1.29 is 18.0 Å². The second-order valence-corrected chi connectivity index (χ2v) is 6.54. The van der Waals surface area contributed by atoms with Gasteiger partial charge in [0, 0.05) is 24.8 Å². The molecule has 0 radical (unpaired) electrons. The molecule has 0 saturated carbocycles. The van der Waals surface area contributed by atoms with Gasteiger partial charge in [-0.1, -0.05) is 6.07 Å². The number of carbonyl (C=O) groups is 1. The number of rotatable bonds is 2. The number of amides is 2. The van der Waals surface area contributed by atoms with Crippen LogP contribution in [0, 0.1) is 5.92 Å². The van der Waals surface area contributed by atoms with Crippen LogP contribution in [0.3, 0.4) is 0 Å². The third-order valence-corrected chi connectivity index (χ3v) is 4.94. The minimum Gasteiger partial charge on any atom is -0.325 e. The molecule has 1 aromatic rings. The maximum absolute atomic E-state index is 12.7. The average molecular weight is 341 g/mol. The first kappa shape index (κ1) is 17.1. The highest BCUT2D eigenvalue weighted by Gasteiger charge is 2.32. The van der Waals surface area contributed by atoms with Crippen molar-refractivity contribution in [3.8, 4) is 0 Å². The fraction of sp³-hybridized carbons (Fsp3) is 0.588. The molecular weight excluding hydrogens is 319 g/mol. The first-order valence-electron chi connectivity index (χ1n) is 8.40. The minimum atomic E-state index is -4.41. The van der Waals surface area contributed by atoms with Crippen molar-refractivity contribution in [2.45, 2.75) is 37.9 Å². The Morgan fingerprint density at radius 1 is 1.21 bits per heavy atom. The highest BCUT2D eigenvalue weighted by atomic mass is 19.4. The molecule has 1 aromatic carbocycles. The van der Waals surface area contributed by atoms with Gasteiger partial charge >= 0.3 is 12.2 Å². The lowest BCUT2D eigenvalue weighted by atomic mass is 9.89. The summed E-state index contributed by atoms with van der Waals surface area (Å²) in [5, 5.41) is 6.08. The summed E-state index contributed by atoms with van der Waals surface area (Å²) in [6, 6.07) is 4.97. The Bertz CT molecular complexity index is 577. The number of anilines is 1. The second kappa shape index (κ2) is 7.01. The van der Waals surface area contributed by atoms with Crippen molar-refractivity contribution in [2.24, 2.45) is 5.92 Å². The summed E-state index contributed by atoms with van der Waals surface area (Å²) in [7, 11) is 0. The number of hydrogen-bond acceptors (Lipinski definition) is 2. The third-order valence-electron chi connectivity index (χ3n) is 4.94. The molecule has 1 atom stereocenters. The molecule has 2 fully saturated rings. The Morgan fingerprint density at radius 2 is 1.96 bits per heavy atom. The first-order valence-corrected chi connectivity index (χ1v) is 8.40. The molecule has 2 heterocycles. The lowest BCUT2D eigenvalue weighted by molar-refractivity contribution is -0.137. The number of piperidine rings is 1. The largest absolute Gasteiger partial charge is 0.416 e. The standard InChI is InChI=1S/C17H22F3N3O/c18-17(19,20)13-3-1-4-14(11-13)22-16(24)23-9-6-12(7-10-23)15-5-2-8-21-15/h1,3-4,11-12,15,21H,2,5-10H2,(H,22,24). The molecule has 7 heteroatoms. The van der Waals surface area contributed by atoms with E-state index in [0.29, 0.717) is 25.0 Å². The monoisotopic (exact) mass is 341 g/mol. The molecule has 2 saturated heterocycles. The van der Waals surface area contributed by atoms with Gasteiger partial charge in [0.25, 0.3) is 0 Å². The molecule has 3 rings (SSSR count). The van der Waals surface area contributed by atoms with Crippen LogP contribution in [-0.2, 0) is 6.18 Å². The third kappa shape index (κ3) is 4.01. The minimum absolute atomic E-state index is 0.175. The molecule has 4 nitrogen and oxygen atoms in total. The van der Waals surface area contributed by atoms with Crippen molar-refractivity contribution in [1.29, 1.82) is 0 Å². The van der Waals surface area contributed by atoms with Crippen LogP contribution in [0.1, 0.15) is 31.2 Å². The van der Waals surface area contributed by atoms with Crippen LogP contribution in [0.25, 0.3) is 0 Å². The summed E-state index contributed by atoms with van der Waals surface area (Å²) >= 11 is 0.